The molecule has 0 saturated heterocycles. The number of methoxy groups -OCH3 is 1. The Bertz CT molecular complexity index is 2130. The average Bonchev–Trinajstić information content (AvgIpc) is 3.00. The molecule has 234 valence electrons. The Morgan fingerprint density at radius 3 is 1.91 bits per heavy atom. The van der Waals surface area contributed by atoms with Crippen LogP contribution in [-0.2, 0) is 16.3 Å². The highest BCUT2D eigenvalue weighted by Gasteiger charge is 2.32. The van der Waals surface area contributed by atoms with Crippen molar-refractivity contribution in [3.63, 3.8) is 0 Å². The van der Waals surface area contributed by atoms with Gasteiger partial charge in [-0.2, -0.15) is 30.4 Å². The maximum Gasteiger partial charge on any atom is 0.416 e. The number of benzene rings is 4. The van der Waals surface area contributed by atoms with E-state index >= 15 is 4.39 Å². The summed E-state index contributed by atoms with van der Waals surface area (Å²) in [5.74, 6) is -15.6. The van der Waals surface area contributed by atoms with Crippen LogP contribution < -0.4 is 14.5 Å². The number of alkyl halides is 3. The minimum absolute atomic E-state index is 0.0500. The molecule has 0 N–H and O–H groups in total. The molecule has 5 rings (SSSR count). The number of halogens is 9. The Balaban J connectivity index is 1.59. The summed E-state index contributed by atoms with van der Waals surface area (Å²) in [5.41, 5.74) is -2.10. The van der Waals surface area contributed by atoms with Crippen LogP contribution in [0, 0.1) is 34.9 Å². The lowest BCUT2D eigenvalue weighted by Crippen LogP contribution is -2.19. The van der Waals surface area contributed by atoms with Crippen LogP contribution in [0.15, 0.2) is 76.4 Å². The van der Waals surface area contributed by atoms with Gasteiger partial charge in [0.05, 0.1) is 23.9 Å². The second kappa shape index (κ2) is 11.2. The van der Waals surface area contributed by atoms with Crippen molar-refractivity contribution in [1.82, 2.24) is 4.57 Å². The van der Waals surface area contributed by atoms with Crippen molar-refractivity contribution in [2.24, 2.45) is 0 Å². The summed E-state index contributed by atoms with van der Waals surface area (Å²) >= 11 is 0. The molecule has 0 spiro atoms. The number of hydrogen-bond acceptors (Lipinski definition) is 5. The van der Waals surface area contributed by atoms with Crippen LogP contribution in [0.1, 0.15) is 5.56 Å². The zero-order valence-corrected chi connectivity index (χ0v) is 23.0. The SMILES string of the molecule is COc1cc(-c2ccc(C(F)(F)F)cc2)c(F)cc1-n1c(=O)ccc2cc(S(=O)(=O)Oc3c(F)c(F)c(F)c(F)c3F)ccc21. The second-order valence-corrected chi connectivity index (χ2v) is 10.8. The third-order valence-corrected chi connectivity index (χ3v) is 7.77. The Morgan fingerprint density at radius 2 is 1.33 bits per heavy atom. The summed E-state index contributed by atoms with van der Waals surface area (Å²) in [4.78, 5) is 12.1. The van der Waals surface area contributed by atoms with E-state index in [2.05, 4.69) is 4.18 Å². The minimum atomic E-state index is -5.23. The van der Waals surface area contributed by atoms with Gasteiger partial charge in [-0.3, -0.25) is 9.36 Å². The Hall–Kier alpha value is -4.99. The van der Waals surface area contributed by atoms with Gasteiger partial charge in [-0.05, 0) is 48.0 Å². The zero-order chi connectivity index (χ0) is 33.0. The van der Waals surface area contributed by atoms with E-state index < -0.39 is 73.0 Å². The van der Waals surface area contributed by atoms with Crippen LogP contribution in [0.2, 0.25) is 0 Å². The molecule has 0 unspecified atom stereocenters. The summed E-state index contributed by atoms with van der Waals surface area (Å²) in [5, 5.41) is -0.0500. The highest BCUT2D eigenvalue weighted by Crippen LogP contribution is 2.36. The van der Waals surface area contributed by atoms with E-state index in [0.717, 1.165) is 71.3 Å². The number of rotatable bonds is 6. The first-order chi connectivity index (χ1) is 21.0. The predicted octanol–water partition coefficient (Wildman–Crippen LogP) is 7.29. The molecule has 0 saturated carbocycles. The van der Waals surface area contributed by atoms with Gasteiger partial charge in [0.1, 0.15) is 16.5 Å². The summed E-state index contributed by atoms with van der Waals surface area (Å²) in [6, 6.07) is 10.3. The molecule has 0 radical (unpaired) electrons. The van der Waals surface area contributed by atoms with Crippen LogP contribution in [0.5, 0.6) is 11.5 Å². The maximum atomic E-state index is 15.4. The second-order valence-electron chi connectivity index (χ2n) is 9.24. The Labute approximate surface area is 246 Å². The van der Waals surface area contributed by atoms with Gasteiger partial charge in [0.25, 0.3) is 5.56 Å². The maximum absolute atomic E-state index is 15.4. The molecule has 0 amide bonds. The quantitative estimate of drug-likeness (QED) is 0.0829. The van der Waals surface area contributed by atoms with Gasteiger partial charge < -0.3 is 8.92 Å². The molecule has 16 heteroatoms. The molecule has 45 heavy (non-hydrogen) atoms. The lowest BCUT2D eigenvalue weighted by Gasteiger charge is -2.17. The first kappa shape index (κ1) is 31.4. The molecule has 0 fully saturated rings. The summed E-state index contributed by atoms with van der Waals surface area (Å²) in [6.45, 7) is 0. The topological polar surface area (TPSA) is 74.6 Å². The first-order valence-corrected chi connectivity index (χ1v) is 13.6. The van der Waals surface area contributed by atoms with Crippen LogP contribution in [0.25, 0.3) is 27.7 Å². The molecule has 0 bridgehead atoms. The minimum Gasteiger partial charge on any atom is -0.495 e. The third-order valence-electron chi connectivity index (χ3n) is 6.55. The molecule has 1 heterocycles. The van der Waals surface area contributed by atoms with E-state index in [-0.39, 0.29) is 33.5 Å². The molecule has 5 aromatic rings. The van der Waals surface area contributed by atoms with Crippen LogP contribution >= 0.6 is 0 Å². The Morgan fingerprint density at radius 1 is 0.733 bits per heavy atom. The molecule has 0 atom stereocenters. The molecule has 0 aliphatic rings. The summed E-state index contributed by atoms with van der Waals surface area (Å²) in [7, 11) is -4.06. The molecular weight excluding hydrogens is 645 g/mol. The predicted molar refractivity (Wildman–Crippen MR) is 141 cm³/mol. The van der Waals surface area contributed by atoms with Crippen molar-refractivity contribution in [1.29, 1.82) is 0 Å². The Kier molecular flexibility index (Phi) is 7.81. The van der Waals surface area contributed by atoms with Crippen molar-refractivity contribution in [2.45, 2.75) is 11.1 Å². The van der Waals surface area contributed by atoms with E-state index in [0.29, 0.717) is 0 Å². The highest BCUT2D eigenvalue weighted by atomic mass is 32.2. The number of nitrogens with zero attached hydrogens (tertiary/aromatic N) is 1. The highest BCUT2D eigenvalue weighted by molar-refractivity contribution is 7.87. The van der Waals surface area contributed by atoms with E-state index in [1.807, 2.05) is 0 Å². The zero-order valence-electron chi connectivity index (χ0n) is 22.1. The van der Waals surface area contributed by atoms with Gasteiger partial charge in [0.15, 0.2) is 0 Å². The third kappa shape index (κ3) is 5.56. The van der Waals surface area contributed by atoms with Crippen LogP contribution in [-0.4, -0.2) is 20.1 Å². The van der Waals surface area contributed by atoms with Crippen LogP contribution in [0.3, 0.4) is 0 Å². The fourth-order valence-electron chi connectivity index (χ4n) is 4.38. The average molecular weight is 659 g/mol. The van der Waals surface area contributed by atoms with Crippen molar-refractivity contribution in [2.75, 3.05) is 7.11 Å². The monoisotopic (exact) mass is 659 g/mol. The summed E-state index contributed by atoms with van der Waals surface area (Å²) < 4.78 is 159. The number of aromatic nitrogens is 1. The molecular formula is C29H14F9NO5S. The molecule has 6 nitrogen and oxygen atoms in total. The molecule has 0 aliphatic carbocycles. The standard InChI is InChI=1S/C29H14F9NO5S/c1-43-21-11-17(13-2-5-15(6-3-13)29(36,37)38)18(30)12-20(21)39-19-8-7-16(10-14(19)4-9-22(39)40)45(41,42)44-28-26(34)24(32)23(31)25(33)27(28)35/h2-12H,1H3. The van der Waals surface area contributed by atoms with Crippen molar-refractivity contribution < 1.29 is 56.9 Å². The van der Waals surface area contributed by atoms with Gasteiger partial charge in [-0.25, -0.2) is 17.6 Å². The van der Waals surface area contributed by atoms with E-state index in [9.17, 15) is 48.3 Å². The van der Waals surface area contributed by atoms with Gasteiger partial charge >= 0.3 is 16.3 Å². The fourth-order valence-corrected chi connectivity index (χ4v) is 5.35. The molecule has 4 aromatic carbocycles. The largest absolute Gasteiger partial charge is 0.495 e. The number of pyridine rings is 1. The van der Waals surface area contributed by atoms with Gasteiger partial charge in [0, 0.05) is 23.1 Å². The summed E-state index contributed by atoms with van der Waals surface area (Å²) in [6.07, 6.45) is -4.62. The van der Waals surface area contributed by atoms with Crippen molar-refractivity contribution in [3.05, 3.63) is 118 Å². The normalized spacial score (nSPS) is 12.0. The lowest BCUT2D eigenvalue weighted by molar-refractivity contribution is -0.137. The van der Waals surface area contributed by atoms with Gasteiger partial charge in [-0.15, -0.1) is 0 Å². The lowest BCUT2D eigenvalue weighted by atomic mass is 10.0. The van der Waals surface area contributed by atoms with Crippen LogP contribution in [0.4, 0.5) is 39.5 Å². The van der Waals surface area contributed by atoms with E-state index in [1.165, 1.54) is 7.11 Å². The number of fused-ring (bicyclic) bond motifs is 1. The van der Waals surface area contributed by atoms with Gasteiger partial charge in [0.2, 0.25) is 34.8 Å². The molecule has 1 aromatic heterocycles. The fraction of sp³-hybridized carbons (Fsp3) is 0.0690. The van der Waals surface area contributed by atoms with Crippen molar-refractivity contribution in [3.8, 4) is 28.3 Å². The molecule has 0 aliphatic heterocycles. The van der Waals surface area contributed by atoms with Gasteiger partial charge in [-0.1, -0.05) is 12.1 Å². The number of hydrogen-bond donors (Lipinski definition) is 0. The smallest absolute Gasteiger partial charge is 0.416 e. The number of ether oxygens (including phenoxy) is 1. The first-order valence-electron chi connectivity index (χ1n) is 12.2. The van der Waals surface area contributed by atoms with E-state index in [4.69, 9.17) is 4.74 Å². The van der Waals surface area contributed by atoms with Crippen molar-refractivity contribution >= 4 is 21.0 Å². The van der Waals surface area contributed by atoms with E-state index in [1.54, 1.807) is 0 Å².